The van der Waals surface area contributed by atoms with Crippen LogP contribution in [0.4, 0.5) is 0 Å². The third-order valence-corrected chi connectivity index (χ3v) is 5.65. The predicted molar refractivity (Wildman–Crippen MR) is 95.2 cm³/mol. The number of likely N-dealkylation sites (tertiary alicyclic amines) is 1. The van der Waals surface area contributed by atoms with E-state index in [-0.39, 0.29) is 5.41 Å². The van der Waals surface area contributed by atoms with Crippen LogP contribution in [0.2, 0.25) is 0 Å². The molecule has 0 N–H and O–H groups in total. The molecular formula is C19H28N2O3. The number of fused-ring (bicyclic) bond motifs is 1. The third-order valence-electron chi connectivity index (χ3n) is 5.65. The van der Waals surface area contributed by atoms with Crippen molar-refractivity contribution < 1.29 is 14.3 Å². The zero-order valence-electron chi connectivity index (χ0n) is 15.2. The highest BCUT2D eigenvalue weighted by Gasteiger charge is 2.50. The second kappa shape index (κ2) is 7.01. The molecule has 0 spiro atoms. The second-order valence-electron chi connectivity index (χ2n) is 6.75. The maximum Gasteiger partial charge on any atom is 0.161 e. The van der Waals surface area contributed by atoms with Crippen LogP contribution < -0.4 is 9.47 Å². The van der Waals surface area contributed by atoms with Crippen molar-refractivity contribution in [1.29, 1.82) is 0 Å². The number of ether oxygens (including phenoxy) is 2. The van der Waals surface area contributed by atoms with Gasteiger partial charge in [0, 0.05) is 17.9 Å². The van der Waals surface area contributed by atoms with E-state index in [1.807, 2.05) is 13.0 Å². The summed E-state index contributed by atoms with van der Waals surface area (Å²) < 4.78 is 10.9. The van der Waals surface area contributed by atoms with Gasteiger partial charge in [-0.1, -0.05) is 11.2 Å². The lowest BCUT2D eigenvalue weighted by Crippen LogP contribution is -2.46. The molecule has 0 radical (unpaired) electrons. The number of rotatable bonds is 5. The van der Waals surface area contributed by atoms with E-state index >= 15 is 0 Å². The van der Waals surface area contributed by atoms with Gasteiger partial charge in [0.25, 0.3) is 0 Å². The first-order valence-corrected chi connectivity index (χ1v) is 8.75. The maximum absolute atomic E-state index is 5.53. The van der Waals surface area contributed by atoms with Crippen molar-refractivity contribution in [3.05, 3.63) is 23.8 Å². The number of nitrogens with zero attached hydrogens (tertiary/aromatic N) is 2. The van der Waals surface area contributed by atoms with Gasteiger partial charge in [-0.15, -0.1) is 0 Å². The molecule has 2 fully saturated rings. The minimum absolute atomic E-state index is 0.166. The summed E-state index contributed by atoms with van der Waals surface area (Å²) in [6.07, 6.45) is 4.25. The molecule has 1 heterocycles. The van der Waals surface area contributed by atoms with Crippen LogP contribution in [-0.2, 0) is 10.3 Å². The number of methoxy groups -OCH3 is 2. The summed E-state index contributed by atoms with van der Waals surface area (Å²) >= 11 is 0. The quantitative estimate of drug-likeness (QED) is 0.777. The van der Waals surface area contributed by atoms with Gasteiger partial charge in [-0.25, -0.2) is 0 Å². The van der Waals surface area contributed by atoms with E-state index < -0.39 is 0 Å². The molecule has 1 aliphatic heterocycles. The van der Waals surface area contributed by atoms with Gasteiger partial charge in [-0.2, -0.15) is 0 Å². The molecule has 2 atom stereocenters. The molecule has 0 aromatic heterocycles. The zero-order valence-corrected chi connectivity index (χ0v) is 15.2. The number of benzene rings is 1. The van der Waals surface area contributed by atoms with Crippen LogP contribution in [0.5, 0.6) is 11.5 Å². The molecule has 1 aromatic rings. The summed E-state index contributed by atoms with van der Waals surface area (Å²) in [5.41, 5.74) is 2.70. The van der Waals surface area contributed by atoms with Crippen LogP contribution in [0, 0.1) is 0 Å². The standard InChI is InChI=1S/C19H28N2O3/c1-5-24-20-15-8-9-19(10-11-21(2)18(19)13-15)14-6-7-16(22-3)17(12-14)23-4/h6-7,12,18H,5,8-11,13H2,1-4H3. The molecule has 0 amide bonds. The van der Waals surface area contributed by atoms with Gasteiger partial charge in [0.05, 0.1) is 19.9 Å². The van der Waals surface area contributed by atoms with Gasteiger partial charge < -0.3 is 19.2 Å². The summed E-state index contributed by atoms with van der Waals surface area (Å²) in [6.45, 7) is 3.72. The Morgan fingerprint density at radius 2 is 2.00 bits per heavy atom. The Hall–Kier alpha value is -1.75. The largest absolute Gasteiger partial charge is 0.493 e. The fourth-order valence-electron chi connectivity index (χ4n) is 4.32. The SMILES string of the molecule is CCON=C1CCC2(c3ccc(OC)c(OC)c3)CCN(C)C2C1. The van der Waals surface area contributed by atoms with Crippen molar-refractivity contribution in [1.82, 2.24) is 4.90 Å². The van der Waals surface area contributed by atoms with Gasteiger partial charge >= 0.3 is 0 Å². The summed E-state index contributed by atoms with van der Waals surface area (Å²) in [7, 11) is 5.60. The van der Waals surface area contributed by atoms with Crippen LogP contribution >= 0.6 is 0 Å². The highest BCUT2D eigenvalue weighted by atomic mass is 16.6. The minimum Gasteiger partial charge on any atom is -0.493 e. The average Bonchev–Trinajstić information content (AvgIpc) is 2.97. The summed E-state index contributed by atoms with van der Waals surface area (Å²) in [5.74, 6) is 1.60. The van der Waals surface area contributed by atoms with E-state index in [9.17, 15) is 0 Å². The average molecular weight is 332 g/mol. The first kappa shape index (κ1) is 17.1. The van der Waals surface area contributed by atoms with Gasteiger partial charge in [-0.05, 0) is 57.5 Å². The molecule has 0 bridgehead atoms. The van der Waals surface area contributed by atoms with Gasteiger partial charge in [0.15, 0.2) is 11.5 Å². The Balaban J connectivity index is 1.94. The molecule has 5 heteroatoms. The summed E-state index contributed by atoms with van der Waals surface area (Å²) in [5, 5.41) is 4.33. The molecular weight excluding hydrogens is 304 g/mol. The van der Waals surface area contributed by atoms with Crippen LogP contribution in [0.1, 0.15) is 38.2 Å². The smallest absolute Gasteiger partial charge is 0.161 e. The van der Waals surface area contributed by atoms with Crippen molar-refractivity contribution in [3.63, 3.8) is 0 Å². The molecule has 2 aliphatic rings. The predicted octanol–water partition coefficient (Wildman–Crippen LogP) is 3.22. The second-order valence-corrected chi connectivity index (χ2v) is 6.75. The summed E-state index contributed by atoms with van der Waals surface area (Å²) in [6, 6.07) is 6.86. The molecule has 3 rings (SSSR count). The Bertz CT molecular complexity index is 617. The first-order valence-electron chi connectivity index (χ1n) is 8.75. The Morgan fingerprint density at radius 3 is 2.71 bits per heavy atom. The summed E-state index contributed by atoms with van der Waals surface area (Å²) in [4.78, 5) is 7.76. The number of hydrogen-bond acceptors (Lipinski definition) is 5. The minimum atomic E-state index is 0.166. The molecule has 1 aromatic carbocycles. The van der Waals surface area contributed by atoms with Crippen LogP contribution in [0.3, 0.4) is 0 Å². The van der Waals surface area contributed by atoms with Gasteiger partial charge in [0.1, 0.15) is 6.61 Å². The number of oxime groups is 1. The van der Waals surface area contributed by atoms with Crippen LogP contribution in [0.15, 0.2) is 23.4 Å². The van der Waals surface area contributed by atoms with Crippen molar-refractivity contribution in [2.75, 3.05) is 34.4 Å². The van der Waals surface area contributed by atoms with E-state index in [0.29, 0.717) is 12.6 Å². The van der Waals surface area contributed by atoms with Crippen molar-refractivity contribution in [3.8, 4) is 11.5 Å². The van der Waals surface area contributed by atoms with Gasteiger partial charge in [0.2, 0.25) is 0 Å². The van der Waals surface area contributed by atoms with E-state index in [1.165, 1.54) is 17.7 Å². The lowest BCUT2D eigenvalue weighted by molar-refractivity contribution is 0.152. The monoisotopic (exact) mass is 332 g/mol. The topological polar surface area (TPSA) is 43.3 Å². The molecule has 5 nitrogen and oxygen atoms in total. The van der Waals surface area contributed by atoms with E-state index in [1.54, 1.807) is 14.2 Å². The van der Waals surface area contributed by atoms with E-state index in [0.717, 1.165) is 37.3 Å². The number of hydrogen-bond donors (Lipinski definition) is 0. The normalized spacial score (nSPS) is 28.7. The molecule has 2 unspecified atom stereocenters. The molecule has 1 saturated heterocycles. The molecule has 1 aliphatic carbocycles. The fourth-order valence-corrected chi connectivity index (χ4v) is 4.32. The Morgan fingerprint density at radius 1 is 1.21 bits per heavy atom. The fraction of sp³-hybridized carbons (Fsp3) is 0.632. The third kappa shape index (κ3) is 2.86. The zero-order chi connectivity index (χ0) is 17.2. The molecule has 1 saturated carbocycles. The van der Waals surface area contributed by atoms with Crippen molar-refractivity contribution >= 4 is 5.71 Å². The lowest BCUT2D eigenvalue weighted by Gasteiger charge is -2.42. The van der Waals surface area contributed by atoms with Crippen LogP contribution in [-0.4, -0.2) is 51.1 Å². The lowest BCUT2D eigenvalue weighted by atomic mass is 9.65. The maximum atomic E-state index is 5.53. The number of likely N-dealkylation sites (N-methyl/N-ethyl adjacent to an activating group) is 1. The van der Waals surface area contributed by atoms with Crippen molar-refractivity contribution in [2.45, 2.75) is 44.1 Å². The first-order chi connectivity index (χ1) is 11.6. The van der Waals surface area contributed by atoms with E-state index in [4.69, 9.17) is 14.3 Å². The van der Waals surface area contributed by atoms with Crippen molar-refractivity contribution in [2.24, 2.45) is 5.16 Å². The molecule has 24 heavy (non-hydrogen) atoms. The highest BCUT2D eigenvalue weighted by molar-refractivity contribution is 5.86. The highest BCUT2D eigenvalue weighted by Crippen LogP contribution is 2.49. The van der Waals surface area contributed by atoms with Gasteiger partial charge in [-0.3, -0.25) is 0 Å². The van der Waals surface area contributed by atoms with E-state index in [2.05, 4.69) is 29.2 Å². The van der Waals surface area contributed by atoms with Crippen LogP contribution in [0.25, 0.3) is 0 Å². The molecule has 132 valence electrons. The Kier molecular flexibility index (Phi) is 4.99. The Labute approximate surface area is 144 Å².